The number of likely N-dealkylation sites (tertiary alicyclic amines) is 1. The van der Waals surface area contributed by atoms with Gasteiger partial charge >= 0.3 is 0 Å². The van der Waals surface area contributed by atoms with Crippen molar-refractivity contribution in [2.75, 3.05) is 5.88 Å². The highest BCUT2D eigenvalue weighted by molar-refractivity contribution is 6.18. The van der Waals surface area contributed by atoms with E-state index in [-0.39, 0.29) is 11.9 Å². The maximum Gasteiger partial charge on any atom is 0.223 e. The summed E-state index contributed by atoms with van der Waals surface area (Å²) in [5.41, 5.74) is 1.17. The van der Waals surface area contributed by atoms with Crippen molar-refractivity contribution in [2.24, 2.45) is 0 Å². The van der Waals surface area contributed by atoms with Crippen molar-refractivity contribution >= 4 is 17.5 Å². The van der Waals surface area contributed by atoms with E-state index < -0.39 is 0 Å². The Hall–Kier alpha value is -1.02. The van der Waals surface area contributed by atoms with Crippen LogP contribution in [0, 0.1) is 0 Å². The van der Waals surface area contributed by atoms with E-state index in [1.165, 1.54) is 5.56 Å². The highest BCUT2D eigenvalue weighted by Gasteiger charge is 2.29. The second-order valence-corrected chi connectivity index (χ2v) is 4.16. The zero-order valence-corrected chi connectivity index (χ0v) is 9.28. The largest absolute Gasteiger partial charge is 0.334 e. The first-order valence-electron chi connectivity index (χ1n) is 5.20. The predicted octanol–water partition coefficient (Wildman–Crippen LogP) is 2.42. The summed E-state index contributed by atoms with van der Waals surface area (Å²) in [6, 6.07) is 10.3. The van der Waals surface area contributed by atoms with Crippen molar-refractivity contribution in [3.05, 3.63) is 35.9 Å². The highest BCUT2D eigenvalue weighted by atomic mass is 35.5. The van der Waals surface area contributed by atoms with E-state index in [0.29, 0.717) is 18.8 Å². The molecule has 1 atom stereocenters. The molecule has 1 aromatic carbocycles. The van der Waals surface area contributed by atoms with Crippen molar-refractivity contribution in [3.8, 4) is 0 Å². The molecule has 0 spiro atoms. The van der Waals surface area contributed by atoms with Gasteiger partial charge in [-0.25, -0.2) is 0 Å². The summed E-state index contributed by atoms with van der Waals surface area (Å²) in [6.45, 7) is 0.692. The Kier molecular flexibility index (Phi) is 3.27. The van der Waals surface area contributed by atoms with Crippen LogP contribution in [0.25, 0.3) is 0 Å². The van der Waals surface area contributed by atoms with E-state index in [2.05, 4.69) is 0 Å². The summed E-state index contributed by atoms with van der Waals surface area (Å²) in [5.74, 6) is 0.767. The van der Waals surface area contributed by atoms with Gasteiger partial charge in [-0.1, -0.05) is 30.3 Å². The van der Waals surface area contributed by atoms with E-state index >= 15 is 0 Å². The number of carbonyl (C=O) groups excluding carboxylic acids is 1. The van der Waals surface area contributed by atoms with Crippen LogP contribution in [0.2, 0.25) is 0 Å². The molecule has 80 valence electrons. The molecule has 0 unspecified atom stereocenters. The topological polar surface area (TPSA) is 20.3 Å². The smallest absolute Gasteiger partial charge is 0.223 e. The molecule has 0 saturated carbocycles. The van der Waals surface area contributed by atoms with Crippen molar-refractivity contribution in [1.82, 2.24) is 4.90 Å². The number of hydrogen-bond donors (Lipinski definition) is 0. The maximum atomic E-state index is 11.6. The number of hydrogen-bond acceptors (Lipinski definition) is 1. The van der Waals surface area contributed by atoms with Gasteiger partial charge in [-0.3, -0.25) is 4.79 Å². The van der Waals surface area contributed by atoms with Crippen molar-refractivity contribution < 1.29 is 4.79 Å². The number of benzene rings is 1. The Morgan fingerprint density at radius 2 is 2.07 bits per heavy atom. The number of nitrogens with zero attached hydrogens (tertiary/aromatic N) is 1. The molecule has 1 saturated heterocycles. The molecule has 0 aromatic heterocycles. The molecule has 1 heterocycles. The number of amides is 1. The van der Waals surface area contributed by atoms with Crippen LogP contribution in [0.1, 0.15) is 18.4 Å². The summed E-state index contributed by atoms with van der Waals surface area (Å²) in [7, 11) is 0. The van der Waals surface area contributed by atoms with Crippen LogP contribution >= 0.6 is 11.6 Å². The summed E-state index contributed by atoms with van der Waals surface area (Å²) < 4.78 is 0. The highest BCUT2D eigenvalue weighted by Crippen LogP contribution is 2.22. The van der Waals surface area contributed by atoms with E-state index in [4.69, 9.17) is 11.6 Å². The first-order valence-corrected chi connectivity index (χ1v) is 5.74. The number of alkyl halides is 1. The molecule has 1 aliphatic rings. The fourth-order valence-electron chi connectivity index (χ4n) is 1.95. The molecule has 0 bridgehead atoms. The number of halogens is 1. The summed E-state index contributed by atoms with van der Waals surface area (Å²) in [4.78, 5) is 13.5. The van der Waals surface area contributed by atoms with Crippen LogP contribution in [-0.2, 0) is 11.3 Å². The summed E-state index contributed by atoms with van der Waals surface area (Å²) in [6.07, 6.45) is 1.54. The molecule has 1 fully saturated rings. The van der Waals surface area contributed by atoms with Gasteiger partial charge in [0.15, 0.2) is 0 Å². The van der Waals surface area contributed by atoms with E-state index in [9.17, 15) is 4.79 Å². The third kappa shape index (κ3) is 2.32. The molecule has 2 rings (SSSR count). The monoisotopic (exact) mass is 223 g/mol. The Morgan fingerprint density at radius 3 is 2.73 bits per heavy atom. The van der Waals surface area contributed by atoms with Gasteiger partial charge in [0, 0.05) is 24.9 Å². The van der Waals surface area contributed by atoms with Gasteiger partial charge < -0.3 is 4.90 Å². The van der Waals surface area contributed by atoms with Crippen molar-refractivity contribution in [1.29, 1.82) is 0 Å². The fraction of sp³-hybridized carbons (Fsp3) is 0.417. The van der Waals surface area contributed by atoms with Gasteiger partial charge in [0.1, 0.15) is 0 Å². The molecule has 2 nitrogen and oxygen atoms in total. The lowest BCUT2D eigenvalue weighted by Crippen LogP contribution is -2.33. The van der Waals surface area contributed by atoms with Crippen LogP contribution in [-0.4, -0.2) is 22.7 Å². The van der Waals surface area contributed by atoms with E-state index in [1.54, 1.807) is 0 Å². The molecule has 1 aromatic rings. The molecule has 1 aliphatic heterocycles. The quantitative estimate of drug-likeness (QED) is 0.721. The third-order valence-electron chi connectivity index (χ3n) is 2.83. The molecular formula is C12H14ClNO. The van der Waals surface area contributed by atoms with Gasteiger partial charge in [0.2, 0.25) is 5.91 Å². The Bertz CT molecular complexity index is 339. The first-order chi connectivity index (χ1) is 7.31. The van der Waals surface area contributed by atoms with Gasteiger partial charge in [-0.05, 0) is 12.0 Å². The summed E-state index contributed by atoms with van der Waals surface area (Å²) in [5, 5.41) is 0. The Morgan fingerprint density at radius 1 is 1.33 bits per heavy atom. The van der Waals surface area contributed by atoms with Gasteiger partial charge in [0.25, 0.3) is 0 Å². The van der Waals surface area contributed by atoms with Crippen LogP contribution < -0.4 is 0 Å². The SMILES string of the molecule is O=C1CC[C@@H](CCl)N1Cc1ccccc1. The number of rotatable bonds is 3. The summed E-state index contributed by atoms with van der Waals surface area (Å²) >= 11 is 5.84. The lowest BCUT2D eigenvalue weighted by Gasteiger charge is -2.23. The molecular weight excluding hydrogens is 210 g/mol. The minimum Gasteiger partial charge on any atom is -0.334 e. The maximum absolute atomic E-state index is 11.6. The molecule has 3 heteroatoms. The van der Waals surface area contributed by atoms with Gasteiger partial charge in [-0.15, -0.1) is 11.6 Å². The normalized spacial score (nSPS) is 21.0. The third-order valence-corrected chi connectivity index (χ3v) is 3.18. The average molecular weight is 224 g/mol. The zero-order valence-electron chi connectivity index (χ0n) is 8.53. The van der Waals surface area contributed by atoms with E-state index in [1.807, 2.05) is 35.2 Å². The van der Waals surface area contributed by atoms with E-state index in [0.717, 1.165) is 6.42 Å². The Labute approximate surface area is 94.8 Å². The fourth-order valence-corrected chi connectivity index (χ4v) is 2.27. The average Bonchev–Trinajstić information content (AvgIpc) is 2.62. The van der Waals surface area contributed by atoms with Crippen LogP contribution in [0.4, 0.5) is 0 Å². The Balaban J connectivity index is 2.07. The first kappa shape index (κ1) is 10.5. The van der Waals surface area contributed by atoms with Crippen molar-refractivity contribution in [2.45, 2.75) is 25.4 Å². The lowest BCUT2D eigenvalue weighted by molar-refractivity contribution is -0.129. The number of carbonyl (C=O) groups is 1. The lowest BCUT2D eigenvalue weighted by atomic mass is 10.2. The van der Waals surface area contributed by atoms with Crippen LogP contribution in [0.3, 0.4) is 0 Å². The minimum absolute atomic E-state index is 0.222. The molecule has 15 heavy (non-hydrogen) atoms. The van der Waals surface area contributed by atoms with Crippen LogP contribution in [0.15, 0.2) is 30.3 Å². The van der Waals surface area contributed by atoms with Gasteiger partial charge in [-0.2, -0.15) is 0 Å². The van der Waals surface area contributed by atoms with Crippen LogP contribution in [0.5, 0.6) is 0 Å². The molecule has 0 N–H and O–H groups in total. The second-order valence-electron chi connectivity index (χ2n) is 3.85. The molecule has 0 radical (unpaired) electrons. The predicted molar refractivity (Wildman–Crippen MR) is 60.7 cm³/mol. The minimum atomic E-state index is 0.222. The van der Waals surface area contributed by atoms with Gasteiger partial charge in [0.05, 0.1) is 0 Å². The van der Waals surface area contributed by atoms with Crippen molar-refractivity contribution in [3.63, 3.8) is 0 Å². The standard InChI is InChI=1S/C12H14ClNO/c13-8-11-6-7-12(15)14(11)9-10-4-2-1-3-5-10/h1-5,11H,6-9H2/t11-/m0/s1. The zero-order chi connectivity index (χ0) is 10.7. The second kappa shape index (κ2) is 4.67. The molecule has 1 amide bonds. The molecule has 0 aliphatic carbocycles.